The molecule has 1 aliphatic heterocycles. The van der Waals surface area contributed by atoms with Crippen molar-refractivity contribution >= 4 is 5.91 Å². The minimum absolute atomic E-state index is 0.366. The lowest BCUT2D eigenvalue weighted by molar-refractivity contribution is -0.130. The predicted molar refractivity (Wildman–Crippen MR) is 86.0 cm³/mol. The summed E-state index contributed by atoms with van der Waals surface area (Å²) < 4.78 is 0. The molecule has 1 heterocycles. The average Bonchev–Trinajstić information content (AvgIpc) is 2.91. The van der Waals surface area contributed by atoms with Gasteiger partial charge in [0.2, 0.25) is 5.91 Å². The highest BCUT2D eigenvalue weighted by Crippen LogP contribution is 2.46. The SMILES string of the molecule is CC(C)N1C(=O)C[C@H]2[C@H](CNC3CCCCC3)[C@@H](C)C[C@H]21. The van der Waals surface area contributed by atoms with Crippen LogP contribution in [0.4, 0.5) is 0 Å². The molecule has 21 heavy (non-hydrogen) atoms. The molecule has 0 aromatic rings. The maximum Gasteiger partial charge on any atom is 0.223 e. The van der Waals surface area contributed by atoms with Gasteiger partial charge in [0.15, 0.2) is 0 Å². The number of rotatable bonds is 4. The zero-order chi connectivity index (χ0) is 15.0. The Morgan fingerprint density at radius 2 is 1.95 bits per heavy atom. The molecule has 0 aromatic heterocycles. The summed E-state index contributed by atoms with van der Waals surface area (Å²) in [7, 11) is 0. The van der Waals surface area contributed by atoms with Crippen molar-refractivity contribution < 1.29 is 4.79 Å². The van der Waals surface area contributed by atoms with E-state index in [9.17, 15) is 4.79 Å². The second-order valence-corrected chi connectivity index (χ2v) is 7.95. The molecule has 1 amide bonds. The number of hydrogen-bond acceptors (Lipinski definition) is 2. The van der Waals surface area contributed by atoms with Crippen molar-refractivity contribution in [2.24, 2.45) is 17.8 Å². The van der Waals surface area contributed by atoms with Crippen LogP contribution < -0.4 is 5.32 Å². The van der Waals surface area contributed by atoms with Crippen LogP contribution in [0.25, 0.3) is 0 Å². The highest BCUT2D eigenvalue weighted by atomic mass is 16.2. The predicted octanol–water partition coefficient (Wildman–Crippen LogP) is 3.19. The van der Waals surface area contributed by atoms with Gasteiger partial charge in [-0.1, -0.05) is 26.2 Å². The summed E-state index contributed by atoms with van der Waals surface area (Å²) in [6, 6.07) is 1.62. The van der Waals surface area contributed by atoms with E-state index in [0.717, 1.165) is 24.9 Å². The second kappa shape index (κ2) is 6.28. The van der Waals surface area contributed by atoms with Gasteiger partial charge in [-0.3, -0.25) is 4.79 Å². The van der Waals surface area contributed by atoms with E-state index in [4.69, 9.17) is 0 Å². The van der Waals surface area contributed by atoms with Gasteiger partial charge >= 0.3 is 0 Å². The Hall–Kier alpha value is -0.570. The van der Waals surface area contributed by atoms with Gasteiger partial charge in [0.05, 0.1) is 0 Å². The Kier molecular flexibility index (Phi) is 4.58. The molecule has 0 aromatic carbocycles. The van der Waals surface area contributed by atoms with Gasteiger partial charge in [-0.15, -0.1) is 0 Å². The molecule has 2 saturated carbocycles. The maximum absolute atomic E-state index is 12.3. The van der Waals surface area contributed by atoms with E-state index in [1.54, 1.807) is 0 Å². The summed E-state index contributed by atoms with van der Waals surface area (Å²) in [5, 5.41) is 3.84. The van der Waals surface area contributed by atoms with E-state index in [-0.39, 0.29) is 0 Å². The summed E-state index contributed by atoms with van der Waals surface area (Å²) >= 11 is 0. The first-order valence-electron chi connectivity index (χ1n) is 9.12. The Morgan fingerprint density at radius 1 is 1.24 bits per heavy atom. The number of fused-ring (bicyclic) bond motifs is 1. The van der Waals surface area contributed by atoms with Crippen LogP contribution in [-0.2, 0) is 4.79 Å². The molecule has 0 bridgehead atoms. The lowest BCUT2D eigenvalue weighted by atomic mass is 9.87. The standard InChI is InChI=1S/C18H32N2O/c1-12(2)20-17-9-13(3)16(15(17)10-18(20)21)11-19-14-7-5-4-6-8-14/h12-17,19H,4-11H2,1-3H3/t13-,15-,16+,17+/m0/s1. The normalized spacial score (nSPS) is 37.5. The first-order chi connectivity index (χ1) is 10.1. The second-order valence-electron chi connectivity index (χ2n) is 7.95. The van der Waals surface area contributed by atoms with E-state index < -0.39 is 0 Å². The quantitative estimate of drug-likeness (QED) is 0.863. The van der Waals surface area contributed by atoms with E-state index in [2.05, 4.69) is 31.0 Å². The summed E-state index contributed by atoms with van der Waals surface area (Å²) in [5.74, 6) is 2.45. The largest absolute Gasteiger partial charge is 0.337 e. The van der Waals surface area contributed by atoms with E-state index in [0.29, 0.717) is 29.8 Å². The molecule has 3 heteroatoms. The van der Waals surface area contributed by atoms with Crippen LogP contribution in [0.3, 0.4) is 0 Å². The molecule has 3 nitrogen and oxygen atoms in total. The van der Waals surface area contributed by atoms with Gasteiger partial charge in [-0.25, -0.2) is 0 Å². The Morgan fingerprint density at radius 3 is 2.62 bits per heavy atom. The number of carbonyl (C=O) groups is 1. The minimum atomic E-state index is 0.366. The Balaban J connectivity index is 1.60. The zero-order valence-electron chi connectivity index (χ0n) is 14.0. The maximum atomic E-state index is 12.3. The van der Waals surface area contributed by atoms with Crippen LogP contribution >= 0.6 is 0 Å². The lowest BCUT2D eigenvalue weighted by Gasteiger charge is -2.29. The fraction of sp³-hybridized carbons (Fsp3) is 0.944. The topological polar surface area (TPSA) is 32.3 Å². The first-order valence-corrected chi connectivity index (χ1v) is 9.12. The first kappa shape index (κ1) is 15.3. The van der Waals surface area contributed by atoms with Crippen LogP contribution in [0.1, 0.15) is 65.7 Å². The monoisotopic (exact) mass is 292 g/mol. The molecule has 120 valence electrons. The van der Waals surface area contributed by atoms with Crippen molar-refractivity contribution in [2.75, 3.05) is 6.54 Å². The van der Waals surface area contributed by atoms with Crippen LogP contribution in [0, 0.1) is 17.8 Å². The van der Waals surface area contributed by atoms with Crippen molar-refractivity contribution in [2.45, 2.75) is 83.8 Å². The molecule has 2 aliphatic carbocycles. The van der Waals surface area contributed by atoms with E-state index >= 15 is 0 Å². The van der Waals surface area contributed by atoms with Crippen molar-refractivity contribution in [3.05, 3.63) is 0 Å². The number of carbonyl (C=O) groups excluding carboxylic acids is 1. The number of amides is 1. The highest BCUT2D eigenvalue weighted by Gasteiger charge is 2.51. The summed E-state index contributed by atoms with van der Waals surface area (Å²) in [6.45, 7) is 7.86. The average molecular weight is 292 g/mol. The number of hydrogen-bond donors (Lipinski definition) is 1. The Bertz CT molecular complexity index is 375. The molecule has 1 N–H and O–H groups in total. The highest BCUT2D eigenvalue weighted by molar-refractivity contribution is 5.80. The fourth-order valence-electron chi connectivity index (χ4n) is 5.17. The van der Waals surface area contributed by atoms with Crippen LogP contribution in [0.15, 0.2) is 0 Å². The van der Waals surface area contributed by atoms with Crippen molar-refractivity contribution in [1.29, 1.82) is 0 Å². The molecule has 3 aliphatic rings. The third kappa shape index (κ3) is 2.99. The van der Waals surface area contributed by atoms with Crippen molar-refractivity contribution in [3.63, 3.8) is 0 Å². The summed E-state index contributed by atoms with van der Waals surface area (Å²) in [4.78, 5) is 14.5. The minimum Gasteiger partial charge on any atom is -0.337 e. The lowest BCUT2D eigenvalue weighted by Crippen LogP contribution is -2.39. The van der Waals surface area contributed by atoms with Crippen molar-refractivity contribution in [1.82, 2.24) is 10.2 Å². The van der Waals surface area contributed by atoms with Gasteiger partial charge in [0, 0.05) is 24.5 Å². The molecule has 0 radical (unpaired) electrons. The van der Waals surface area contributed by atoms with E-state index in [1.807, 2.05) is 0 Å². The van der Waals surface area contributed by atoms with Gasteiger partial charge < -0.3 is 10.2 Å². The van der Waals surface area contributed by atoms with Gasteiger partial charge in [0.25, 0.3) is 0 Å². The van der Waals surface area contributed by atoms with Crippen LogP contribution in [0.5, 0.6) is 0 Å². The number of nitrogens with one attached hydrogen (secondary N) is 1. The molecule has 1 saturated heterocycles. The number of nitrogens with zero attached hydrogens (tertiary/aromatic N) is 1. The molecule has 3 rings (SSSR count). The van der Waals surface area contributed by atoms with Gasteiger partial charge in [-0.2, -0.15) is 0 Å². The molecule has 0 spiro atoms. The number of likely N-dealkylation sites (tertiary alicyclic amines) is 1. The zero-order valence-corrected chi connectivity index (χ0v) is 14.0. The molecule has 0 unspecified atom stereocenters. The summed E-state index contributed by atoms with van der Waals surface area (Å²) in [5.41, 5.74) is 0. The van der Waals surface area contributed by atoms with Gasteiger partial charge in [0.1, 0.15) is 0 Å². The molecular formula is C18H32N2O. The molecule has 3 fully saturated rings. The smallest absolute Gasteiger partial charge is 0.223 e. The third-order valence-electron chi connectivity index (χ3n) is 6.25. The van der Waals surface area contributed by atoms with Crippen LogP contribution in [-0.4, -0.2) is 35.5 Å². The third-order valence-corrected chi connectivity index (χ3v) is 6.25. The summed E-state index contributed by atoms with van der Waals surface area (Å²) in [6.07, 6.45) is 8.92. The fourth-order valence-corrected chi connectivity index (χ4v) is 5.17. The Labute approximate surface area is 129 Å². The van der Waals surface area contributed by atoms with E-state index in [1.165, 1.54) is 38.5 Å². The molecule has 4 atom stereocenters. The van der Waals surface area contributed by atoms with Crippen LogP contribution in [0.2, 0.25) is 0 Å². The molecular weight excluding hydrogens is 260 g/mol. The van der Waals surface area contributed by atoms with Gasteiger partial charge in [-0.05, 0) is 57.4 Å². The van der Waals surface area contributed by atoms with Crippen molar-refractivity contribution in [3.8, 4) is 0 Å².